The van der Waals surface area contributed by atoms with E-state index >= 15 is 0 Å². The molecule has 1 aromatic carbocycles. The number of benzene rings is 1. The van der Waals surface area contributed by atoms with Gasteiger partial charge in [-0.25, -0.2) is 0 Å². The van der Waals surface area contributed by atoms with Crippen LogP contribution in [0.2, 0.25) is 0 Å². The predicted octanol–water partition coefficient (Wildman–Crippen LogP) is 2.97. The second-order valence-electron chi connectivity index (χ2n) is 5.41. The number of nitrogens with one attached hydrogen (secondary N) is 1. The van der Waals surface area contributed by atoms with E-state index in [4.69, 9.17) is 9.47 Å². The third kappa shape index (κ3) is 7.81. The summed E-state index contributed by atoms with van der Waals surface area (Å²) < 4.78 is 11.6. The molecule has 0 aromatic heterocycles. The number of hydrogen-bond acceptors (Lipinski definition) is 4. The van der Waals surface area contributed by atoms with Crippen LogP contribution in [0.4, 0.5) is 0 Å². The lowest BCUT2D eigenvalue weighted by atomic mass is 10.2. The summed E-state index contributed by atoms with van der Waals surface area (Å²) >= 11 is 3.51. The fourth-order valence-electron chi connectivity index (χ4n) is 1.76. The third-order valence-corrected chi connectivity index (χ3v) is 3.44. The molecular weight excluding hydrogens is 334 g/mol. The smallest absolute Gasteiger partial charge is 0.133 e. The summed E-state index contributed by atoms with van der Waals surface area (Å²) in [5.41, 5.74) is 1.20. The highest BCUT2D eigenvalue weighted by molar-refractivity contribution is 9.10. The van der Waals surface area contributed by atoms with Crippen LogP contribution < -0.4 is 10.1 Å². The van der Waals surface area contributed by atoms with Crippen LogP contribution in [-0.4, -0.2) is 37.6 Å². The normalized spacial score (nSPS) is 12.7. The van der Waals surface area contributed by atoms with Crippen molar-refractivity contribution in [2.75, 3.05) is 26.4 Å². The van der Waals surface area contributed by atoms with E-state index in [-0.39, 0.29) is 6.61 Å². The molecule has 2 N–H and O–H groups in total. The van der Waals surface area contributed by atoms with Crippen molar-refractivity contribution in [2.45, 2.75) is 33.4 Å². The number of hydrogen-bond donors (Lipinski definition) is 2. The Morgan fingerprint density at radius 1 is 1.29 bits per heavy atom. The van der Waals surface area contributed by atoms with Crippen molar-refractivity contribution in [3.8, 4) is 5.75 Å². The van der Waals surface area contributed by atoms with Crippen molar-refractivity contribution in [3.63, 3.8) is 0 Å². The molecule has 0 saturated carbocycles. The molecule has 4 nitrogen and oxygen atoms in total. The molecule has 0 fully saturated rings. The molecule has 0 spiro atoms. The van der Waals surface area contributed by atoms with Crippen LogP contribution in [0.25, 0.3) is 0 Å². The Morgan fingerprint density at radius 3 is 2.67 bits per heavy atom. The molecule has 21 heavy (non-hydrogen) atoms. The quantitative estimate of drug-likeness (QED) is 0.674. The molecule has 0 aliphatic heterocycles. The monoisotopic (exact) mass is 359 g/mol. The van der Waals surface area contributed by atoms with Crippen LogP contribution in [0.3, 0.4) is 0 Å². The van der Waals surface area contributed by atoms with Crippen molar-refractivity contribution >= 4 is 15.9 Å². The van der Waals surface area contributed by atoms with Gasteiger partial charge in [-0.05, 0) is 53.0 Å². The lowest BCUT2D eigenvalue weighted by molar-refractivity contribution is 0.0163. The average Bonchev–Trinajstić information content (AvgIpc) is 2.43. The molecule has 1 rings (SSSR count). The van der Waals surface area contributed by atoms with Crippen LogP contribution in [0, 0.1) is 5.92 Å². The van der Waals surface area contributed by atoms with Gasteiger partial charge in [0.2, 0.25) is 0 Å². The van der Waals surface area contributed by atoms with E-state index in [9.17, 15) is 5.11 Å². The van der Waals surface area contributed by atoms with Gasteiger partial charge in [-0.15, -0.1) is 0 Å². The number of aliphatic hydroxyl groups is 1. The van der Waals surface area contributed by atoms with Crippen LogP contribution in [-0.2, 0) is 11.3 Å². The zero-order chi connectivity index (χ0) is 15.7. The zero-order valence-corrected chi connectivity index (χ0v) is 14.6. The molecule has 0 radical (unpaired) electrons. The maximum atomic E-state index is 9.68. The van der Waals surface area contributed by atoms with Crippen LogP contribution >= 0.6 is 15.9 Å². The van der Waals surface area contributed by atoms with E-state index in [1.54, 1.807) is 0 Å². The highest BCUT2D eigenvalue weighted by atomic mass is 79.9. The Balaban J connectivity index is 2.42. The maximum absolute atomic E-state index is 9.68. The van der Waals surface area contributed by atoms with Gasteiger partial charge in [0, 0.05) is 13.2 Å². The first-order valence-corrected chi connectivity index (χ1v) is 8.20. The number of rotatable bonds is 10. The molecule has 120 valence electrons. The Hall–Kier alpha value is -0.620. The van der Waals surface area contributed by atoms with Gasteiger partial charge in [0.05, 0.1) is 11.1 Å². The van der Waals surface area contributed by atoms with E-state index in [2.05, 4.69) is 35.1 Å². The van der Waals surface area contributed by atoms with E-state index < -0.39 is 6.10 Å². The molecule has 0 amide bonds. The summed E-state index contributed by atoms with van der Waals surface area (Å²) in [7, 11) is 0. The lowest BCUT2D eigenvalue weighted by Gasteiger charge is -2.14. The highest BCUT2D eigenvalue weighted by Gasteiger charge is 2.08. The van der Waals surface area contributed by atoms with Crippen molar-refractivity contribution in [1.82, 2.24) is 5.32 Å². The lowest BCUT2D eigenvalue weighted by Crippen LogP contribution is -2.23. The minimum atomic E-state index is -0.607. The Bertz CT molecular complexity index is 413. The van der Waals surface area contributed by atoms with Crippen molar-refractivity contribution in [2.24, 2.45) is 5.92 Å². The Labute approximate surface area is 136 Å². The van der Waals surface area contributed by atoms with Crippen LogP contribution in [0.1, 0.15) is 26.3 Å². The Morgan fingerprint density at radius 2 is 2.05 bits per heavy atom. The van der Waals surface area contributed by atoms with E-state index in [0.29, 0.717) is 19.1 Å². The number of halogens is 1. The van der Waals surface area contributed by atoms with E-state index in [1.807, 2.05) is 25.1 Å². The van der Waals surface area contributed by atoms with E-state index in [0.717, 1.165) is 23.3 Å². The van der Waals surface area contributed by atoms with Crippen LogP contribution in [0.15, 0.2) is 22.7 Å². The second-order valence-corrected chi connectivity index (χ2v) is 6.27. The van der Waals surface area contributed by atoms with Gasteiger partial charge in [0.15, 0.2) is 0 Å². The fraction of sp³-hybridized carbons (Fsp3) is 0.625. The molecule has 0 aliphatic rings. The molecule has 0 saturated heterocycles. The third-order valence-electron chi connectivity index (χ3n) is 2.82. The standard InChI is InChI=1S/C16H26BrNO3/c1-4-20-10-14(19)11-21-16-6-5-13(7-15(16)17)9-18-8-12(2)3/h5-7,12,14,18-19H,4,8-11H2,1-3H3. The molecule has 0 heterocycles. The second kappa shape index (κ2) is 10.2. The highest BCUT2D eigenvalue weighted by Crippen LogP contribution is 2.26. The number of aliphatic hydroxyl groups excluding tert-OH is 1. The average molecular weight is 360 g/mol. The molecule has 1 unspecified atom stereocenters. The summed E-state index contributed by atoms with van der Waals surface area (Å²) in [6.07, 6.45) is -0.607. The molecular formula is C16H26BrNO3. The molecule has 1 atom stereocenters. The first-order valence-electron chi connectivity index (χ1n) is 7.40. The summed E-state index contributed by atoms with van der Waals surface area (Å²) in [5.74, 6) is 1.38. The van der Waals surface area contributed by atoms with Gasteiger partial charge in [0.25, 0.3) is 0 Å². The summed E-state index contributed by atoms with van der Waals surface area (Å²) in [6.45, 7) is 9.23. The van der Waals surface area contributed by atoms with Gasteiger partial charge < -0.3 is 19.9 Å². The van der Waals surface area contributed by atoms with Gasteiger partial charge in [-0.3, -0.25) is 0 Å². The SMILES string of the molecule is CCOCC(O)COc1ccc(CNCC(C)C)cc1Br. The fourth-order valence-corrected chi connectivity index (χ4v) is 2.31. The predicted molar refractivity (Wildman–Crippen MR) is 88.7 cm³/mol. The van der Waals surface area contributed by atoms with Crippen molar-refractivity contribution in [1.29, 1.82) is 0 Å². The van der Waals surface area contributed by atoms with Crippen molar-refractivity contribution in [3.05, 3.63) is 28.2 Å². The van der Waals surface area contributed by atoms with Gasteiger partial charge in [0.1, 0.15) is 18.5 Å². The first kappa shape index (κ1) is 18.4. The molecule has 1 aromatic rings. The maximum Gasteiger partial charge on any atom is 0.133 e. The Kier molecular flexibility index (Phi) is 8.92. The van der Waals surface area contributed by atoms with Gasteiger partial charge in [-0.2, -0.15) is 0 Å². The summed E-state index contributed by atoms with van der Waals surface area (Å²) in [6, 6.07) is 5.99. The minimum absolute atomic E-state index is 0.226. The van der Waals surface area contributed by atoms with Gasteiger partial charge in [-0.1, -0.05) is 19.9 Å². The van der Waals surface area contributed by atoms with Crippen LogP contribution in [0.5, 0.6) is 5.75 Å². The van der Waals surface area contributed by atoms with E-state index in [1.165, 1.54) is 5.56 Å². The first-order chi connectivity index (χ1) is 10.0. The summed E-state index contributed by atoms with van der Waals surface area (Å²) in [4.78, 5) is 0. The number of ether oxygens (including phenoxy) is 2. The molecule has 0 aliphatic carbocycles. The summed E-state index contributed by atoms with van der Waals surface area (Å²) in [5, 5.41) is 13.1. The van der Waals surface area contributed by atoms with Gasteiger partial charge >= 0.3 is 0 Å². The largest absolute Gasteiger partial charge is 0.490 e. The molecule has 0 bridgehead atoms. The molecule has 5 heteroatoms. The minimum Gasteiger partial charge on any atom is -0.490 e. The van der Waals surface area contributed by atoms with Crippen molar-refractivity contribution < 1.29 is 14.6 Å². The zero-order valence-electron chi connectivity index (χ0n) is 13.1. The topological polar surface area (TPSA) is 50.7 Å².